The molecule has 0 unspecified atom stereocenters. The third-order valence-electron chi connectivity index (χ3n) is 6.41. The summed E-state index contributed by atoms with van der Waals surface area (Å²) in [5, 5.41) is 18.6. The maximum absolute atomic E-state index is 14.7. The molecule has 0 atom stereocenters. The van der Waals surface area contributed by atoms with Crippen LogP contribution in [0.4, 0.5) is 17.6 Å². The smallest absolute Gasteiger partial charge is 0.449 e. The van der Waals surface area contributed by atoms with Crippen molar-refractivity contribution in [2.75, 3.05) is 5.75 Å². The van der Waals surface area contributed by atoms with E-state index in [0.717, 1.165) is 45.0 Å². The number of carbonyl (C=O) groups is 1. The summed E-state index contributed by atoms with van der Waals surface area (Å²) < 4.78 is 61.2. The van der Waals surface area contributed by atoms with Gasteiger partial charge in [0.1, 0.15) is 11.6 Å². The predicted molar refractivity (Wildman–Crippen MR) is 156 cm³/mol. The molecule has 0 saturated carbocycles. The van der Waals surface area contributed by atoms with E-state index in [9.17, 15) is 27.5 Å². The number of aliphatic carboxylic acids is 1. The fourth-order valence-corrected chi connectivity index (χ4v) is 6.45. The van der Waals surface area contributed by atoms with Gasteiger partial charge in [0, 0.05) is 21.9 Å². The first-order chi connectivity index (χ1) is 19.8. The zero-order valence-corrected chi connectivity index (χ0v) is 24.7. The van der Waals surface area contributed by atoms with Crippen LogP contribution in [-0.2, 0) is 30.7 Å². The molecule has 3 aromatic carbocycles. The van der Waals surface area contributed by atoms with E-state index in [-0.39, 0.29) is 23.6 Å². The zero-order valence-electron chi connectivity index (χ0n) is 23.1. The van der Waals surface area contributed by atoms with Gasteiger partial charge in [0.15, 0.2) is 0 Å². The molecule has 5 nitrogen and oxygen atoms in total. The van der Waals surface area contributed by atoms with Crippen molar-refractivity contribution in [3.05, 3.63) is 106 Å². The maximum atomic E-state index is 14.7. The molecule has 1 heterocycles. The SMILES string of the molecule is Cc1cc(C)c(SN(Cc2ccc(-c3cc(F)c(CO)c(SCC(=O)O)c3)cc2)Cc2ccc(C(F)(F)F)o2)c(C)c1. The molecule has 0 amide bonds. The van der Waals surface area contributed by atoms with E-state index in [0.29, 0.717) is 22.6 Å². The van der Waals surface area contributed by atoms with E-state index in [1.807, 2.05) is 37.2 Å². The Morgan fingerprint density at radius 2 is 1.60 bits per heavy atom. The average molecular weight is 620 g/mol. The minimum Gasteiger partial charge on any atom is -0.481 e. The third kappa shape index (κ3) is 7.97. The number of alkyl halides is 3. The van der Waals surface area contributed by atoms with Gasteiger partial charge in [-0.25, -0.2) is 8.70 Å². The number of hydrogen-bond donors (Lipinski definition) is 2. The van der Waals surface area contributed by atoms with Gasteiger partial charge in [0.2, 0.25) is 5.76 Å². The van der Waals surface area contributed by atoms with Crippen LogP contribution >= 0.6 is 23.7 Å². The van der Waals surface area contributed by atoms with Crippen molar-refractivity contribution in [3.63, 3.8) is 0 Å². The summed E-state index contributed by atoms with van der Waals surface area (Å²) >= 11 is 2.38. The second kappa shape index (κ2) is 13.4. The molecule has 0 aliphatic heterocycles. The van der Waals surface area contributed by atoms with Crippen LogP contribution in [0.3, 0.4) is 0 Å². The molecule has 0 aliphatic rings. The van der Waals surface area contributed by atoms with Crippen molar-refractivity contribution in [1.29, 1.82) is 0 Å². The number of halogens is 4. The van der Waals surface area contributed by atoms with E-state index >= 15 is 0 Å². The lowest BCUT2D eigenvalue weighted by Gasteiger charge is -2.23. The molecule has 0 saturated heterocycles. The Bertz CT molecular complexity index is 1550. The van der Waals surface area contributed by atoms with Gasteiger partial charge < -0.3 is 14.6 Å². The fourth-order valence-electron chi connectivity index (χ4n) is 4.56. The van der Waals surface area contributed by atoms with Crippen LogP contribution in [0.15, 0.2) is 74.9 Å². The van der Waals surface area contributed by atoms with Crippen LogP contribution < -0.4 is 0 Å². The Kier molecular flexibility index (Phi) is 10.1. The lowest BCUT2D eigenvalue weighted by atomic mass is 10.0. The Hall–Kier alpha value is -3.25. The molecular formula is C31H29F4NO4S2. The number of hydrogen-bond acceptors (Lipinski definition) is 6. The highest BCUT2D eigenvalue weighted by Gasteiger charge is 2.35. The van der Waals surface area contributed by atoms with E-state index in [1.54, 1.807) is 18.2 Å². The summed E-state index contributed by atoms with van der Waals surface area (Å²) in [6.45, 7) is 5.93. The largest absolute Gasteiger partial charge is 0.481 e. The van der Waals surface area contributed by atoms with Crippen LogP contribution in [-0.4, -0.2) is 26.2 Å². The Morgan fingerprint density at radius 3 is 2.17 bits per heavy atom. The summed E-state index contributed by atoms with van der Waals surface area (Å²) in [7, 11) is 0. The second-order valence-corrected chi connectivity index (χ2v) is 12.0. The molecule has 42 heavy (non-hydrogen) atoms. The minimum absolute atomic E-state index is 0.0441. The number of aliphatic hydroxyl groups is 1. The zero-order chi connectivity index (χ0) is 30.6. The molecule has 0 aliphatic carbocycles. The van der Waals surface area contributed by atoms with Crippen molar-refractivity contribution < 1.29 is 37.0 Å². The highest BCUT2D eigenvalue weighted by molar-refractivity contribution is 8.00. The first kappa shape index (κ1) is 31.7. The van der Waals surface area contributed by atoms with Crippen molar-refractivity contribution >= 4 is 29.7 Å². The van der Waals surface area contributed by atoms with Gasteiger partial charge in [0.05, 0.1) is 18.9 Å². The molecule has 0 spiro atoms. The third-order valence-corrected chi connectivity index (χ3v) is 8.82. The molecule has 4 aromatic rings. The highest BCUT2D eigenvalue weighted by atomic mass is 32.2. The molecule has 0 bridgehead atoms. The Morgan fingerprint density at radius 1 is 0.929 bits per heavy atom. The minimum atomic E-state index is -4.57. The number of benzene rings is 3. The normalized spacial score (nSPS) is 11.8. The van der Waals surface area contributed by atoms with E-state index in [2.05, 4.69) is 12.1 Å². The second-order valence-electron chi connectivity index (χ2n) is 9.85. The number of carboxylic acid groups (broad SMARTS) is 1. The quantitative estimate of drug-likeness (QED) is 0.0992. The number of carboxylic acids is 1. The summed E-state index contributed by atoms with van der Waals surface area (Å²) in [5.74, 6) is -2.83. The summed E-state index contributed by atoms with van der Waals surface area (Å²) in [6, 6.07) is 16.6. The first-order valence-electron chi connectivity index (χ1n) is 12.9. The van der Waals surface area contributed by atoms with Gasteiger partial charge in [-0.15, -0.1) is 11.8 Å². The Balaban J connectivity index is 1.60. The number of rotatable bonds is 11. The molecule has 11 heteroatoms. The van der Waals surface area contributed by atoms with Crippen LogP contribution in [0.1, 0.15) is 39.3 Å². The van der Waals surface area contributed by atoms with Crippen LogP contribution in [0, 0.1) is 26.6 Å². The van der Waals surface area contributed by atoms with Gasteiger partial charge in [-0.1, -0.05) is 42.0 Å². The van der Waals surface area contributed by atoms with Crippen LogP contribution in [0.2, 0.25) is 0 Å². The van der Waals surface area contributed by atoms with E-state index in [4.69, 9.17) is 9.52 Å². The van der Waals surface area contributed by atoms with E-state index in [1.165, 1.54) is 24.1 Å². The van der Waals surface area contributed by atoms with Gasteiger partial charge in [-0.05, 0) is 84.8 Å². The summed E-state index contributed by atoms with van der Waals surface area (Å²) in [5.41, 5.74) is 5.34. The molecule has 0 fully saturated rings. The lowest BCUT2D eigenvalue weighted by Crippen LogP contribution is -2.15. The number of aryl methyl sites for hydroxylation is 3. The molecule has 1 aromatic heterocycles. The number of furan rings is 1. The number of thioether (sulfide) groups is 1. The van der Waals surface area contributed by atoms with Gasteiger partial charge in [-0.2, -0.15) is 13.2 Å². The maximum Gasteiger partial charge on any atom is 0.449 e. The van der Waals surface area contributed by atoms with E-state index < -0.39 is 30.3 Å². The van der Waals surface area contributed by atoms with Crippen LogP contribution in [0.5, 0.6) is 0 Å². The summed E-state index contributed by atoms with van der Waals surface area (Å²) in [4.78, 5) is 12.4. The fraction of sp³-hybridized carbons (Fsp3) is 0.258. The molecule has 222 valence electrons. The lowest BCUT2D eigenvalue weighted by molar-refractivity contribution is -0.153. The molecule has 0 radical (unpaired) electrons. The van der Waals surface area contributed by atoms with Crippen molar-refractivity contribution in [2.24, 2.45) is 0 Å². The van der Waals surface area contributed by atoms with Crippen molar-refractivity contribution in [2.45, 2.75) is 56.4 Å². The average Bonchev–Trinajstić information content (AvgIpc) is 3.39. The standard InChI is InChI=1S/C31H29F4NO4S2/c1-18-10-19(2)30(20(3)11-18)42-36(15-24-8-9-28(40-24)31(33,34)35)14-21-4-6-22(7-5-21)23-12-26(32)25(16-37)27(13-23)41-17-29(38)39/h4-13,37H,14-17H2,1-3H3,(H,38,39). The highest BCUT2D eigenvalue weighted by Crippen LogP contribution is 2.36. The number of aliphatic hydroxyl groups excluding tert-OH is 1. The summed E-state index contributed by atoms with van der Waals surface area (Å²) in [6.07, 6.45) is -4.57. The predicted octanol–water partition coefficient (Wildman–Crippen LogP) is 8.41. The van der Waals surface area contributed by atoms with Crippen molar-refractivity contribution in [1.82, 2.24) is 4.31 Å². The van der Waals surface area contributed by atoms with Crippen LogP contribution in [0.25, 0.3) is 11.1 Å². The molecular weight excluding hydrogens is 590 g/mol. The van der Waals surface area contributed by atoms with Gasteiger partial charge in [0.25, 0.3) is 0 Å². The van der Waals surface area contributed by atoms with Gasteiger partial charge >= 0.3 is 12.1 Å². The molecule has 4 rings (SSSR count). The van der Waals surface area contributed by atoms with Gasteiger partial charge in [-0.3, -0.25) is 4.79 Å². The number of nitrogens with zero attached hydrogens (tertiary/aromatic N) is 1. The van der Waals surface area contributed by atoms with Crippen molar-refractivity contribution in [3.8, 4) is 11.1 Å². The monoisotopic (exact) mass is 619 g/mol. The first-order valence-corrected chi connectivity index (χ1v) is 14.6. The topological polar surface area (TPSA) is 73.9 Å². The Labute approximate surface area is 249 Å². The molecule has 2 N–H and O–H groups in total.